The molecule has 0 aliphatic heterocycles. The number of anilines is 1. The summed E-state index contributed by atoms with van der Waals surface area (Å²) in [5, 5.41) is 7.07. The van der Waals surface area contributed by atoms with Gasteiger partial charge in [0.25, 0.3) is 5.91 Å². The number of pyridine rings is 2. The van der Waals surface area contributed by atoms with E-state index in [0.29, 0.717) is 18.7 Å². The molecule has 0 bridgehead atoms. The maximum absolute atomic E-state index is 12.6. The first kappa shape index (κ1) is 15.9. The number of para-hydroxylation sites is 1. The molecule has 0 atom stereocenters. The molecule has 2 aromatic heterocycles. The fraction of sp³-hybridized carbons (Fsp3) is 0.211. The van der Waals surface area contributed by atoms with Gasteiger partial charge in [-0.25, -0.2) is 0 Å². The number of aromatic nitrogens is 2. The van der Waals surface area contributed by atoms with E-state index in [0.717, 1.165) is 27.8 Å². The molecule has 0 saturated heterocycles. The van der Waals surface area contributed by atoms with E-state index in [1.165, 1.54) is 0 Å². The van der Waals surface area contributed by atoms with Crippen molar-refractivity contribution in [2.45, 2.75) is 13.8 Å². The molecule has 2 N–H and O–H groups in total. The van der Waals surface area contributed by atoms with Crippen molar-refractivity contribution in [1.82, 2.24) is 15.3 Å². The number of carbonyl (C=O) groups is 1. The van der Waals surface area contributed by atoms with Crippen LogP contribution in [-0.4, -0.2) is 29.0 Å². The van der Waals surface area contributed by atoms with Crippen LogP contribution in [0.2, 0.25) is 0 Å². The molecule has 24 heavy (non-hydrogen) atoms. The average molecular weight is 320 g/mol. The summed E-state index contributed by atoms with van der Waals surface area (Å²) >= 11 is 0. The minimum Gasteiger partial charge on any atom is -0.382 e. The molecule has 0 unspecified atom stereocenters. The number of benzene rings is 1. The molecule has 0 saturated carbocycles. The zero-order valence-corrected chi connectivity index (χ0v) is 13.8. The van der Waals surface area contributed by atoms with E-state index in [4.69, 9.17) is 0 Å². The normalized spacial score (nSPS) is 10.6. The van der Waals surface area contributed by atoms with Gasteiger partial charge in [-0.15, -0.1) is 0 Å². The summed E-state index contributed by atoms with van der Waals surface area (Å²) in [7, 11) is 0. The van der Waals surface area contributed by atoms with E-state index >= 15 is 0 Å². The molecule has 1 amide bonds. The van der Waals surface area contributed by atoms with Crippen molar-refractivity contribution in [3.05, 3.63) is 65.6 Å². The summed E-state index contributed by atoms with van der Waals surface area (Å²) in [6.07, 6.45) is 3.48. The summed E-state index contributed by atoms with van der Waals surface area (Å²) in [5.74, 6) is -0.0795. The van der Waals surface area contributed by atoms with Gasteiger partial charge < -0.3 is 10.6 Å². The van der Waals surface area contributed by atoms with Crippen LogP contribution in [0.15, 0.2) is 48.8 Å². The number of amides is 1. The Morgan fingerprint density at radius 3 is 2.79 bits per heavy atom. The van der Waals surface area contributed by atoms with Gasteiger partial charge in [0, 0.05) is 36.6 Å². The summed E-state index contributed by atoms with van der Waals surface area (Å²) in [6.45, 7) is 5.09. The first-order valence-corrected chi connectivity index (χ1v) is 7.94. The van der Waals surface area contributed by atoms with Gasteiger partial charge in [0.15, 0.2) is 0 Å². The van der Waals surface area contributed by atoms with Crippen LogP contribution in [0.3, 0.4) is 0 Å². The maximum Gasteiger partial charge on any atom is 0.252 e. The van der Waals surface area contributed by atoms with Crippen LogP contribution >= 0.6 is 0 Å². The van der Waals surface area contributed by atoms with E-state index < -0.39 is 0 Å². The molecule has 3 aromatic rings. The summed E-state index contributed by atoms with van der Waals surface area (Å²) < 4.78 is 0. The van der Waals surface area contributed by atoms with Gasteiger partial charge in [0.1, 0.15) is 0 Å². The molecule has 0 aliphatic rings. The van der Waals surface area contributed by atoms with Gasteiger partial charge in [-0.05, 0) is 37.6 Å². The quantitative estimate of drug-likeness (QED) is 0.709. The fourth-order valence-electron chi connectivity index (χ4n) is 2.65. The summed E-state index contributed by atoms with van der Waals surface area (Å²) in [5.41, 5.74) is 4.41. The monoisotopic (exact) mass is 320 g/mol. The number of nitrogens with zero attached hydrogens (tertiary/aromatic N) is 2. The molecule has 5 nitrogen and oxygen atoms in total. The zero-order chi connectivity index (χ0) is 16.9. The Morgan fingerprint density at radius 1 is 1.12 bits per heavy atom. The first-order chi connectivity index (χ1) is 11.6. The Balaban J connectivity index is 1.69. The maximum atomic E-state index is 12.6. The SMILES string of the molecule is Cc1cc(C(=O)NCCNc2cccnc2)c2cccc(C)c2n1. The highest BCUT2D eigenvalue weighted by Crippen LogP contribution is 2.21. The lowest BCUT2D eigenvalue weighted by Crippen LogP contribution is -2.29. The average Bonchev–Trinajstić information content (AvgIpc) is 2.59. The number of rotatable bonds is 5. The second kappa shape index (κ2) is 7.08. The van der Waals surface area contributed by atoms with Crippen molar-refractivity contribution in [1.29, 1.82) is 0 Å². The number of hydrogen-bond acceptors (Lipinski definition) is 4. The molecular formula is C19H20N4O. The molecule has 0 fully saturated rings. The fourth-order valence-corrected chi connectivity index (χ4v) is 2.65. The highest BCUT2D eigenvalue weighted by molar-refractivity contribution is 6.06. The van der Waals surface area contributed by atoms with E-state index in [2.05, 4.69) is 20.6 Å². The van der Waals surface area contributed by atoms with Crippen molar-refractivity contribution >= 4 is 22.5 Å². The van der Waals surface area contributed by atoms with Gasteiger partial charge in [-0.3, -0.25) is 14.8 Å². The number of hydrogen-bond donors (Lipinski definition) is 2. The van der Waals surface area contributed by atoms with Gasteiger partial charge in [-0.2, -0.15) is 0 Å². The zero-order valence-electron chi connectivity index (χ0n) is 13.8. The van der Waals surface area contributed by atoms with Crippen molar-refractivity contribution in [2.24, 2.45) is 0 Å². The summed E-state index contributed by atoms with van der Waals surface area (Å²) in [4.78, 5) is 21.2. The molecule has 122 valence electrons. The van der Waals surface area contributed by atoms with Gasteiger partial charge in [0.05, 0.1) is 16.8 Å². The van der Waals surface area contributed by atoms with Crippen molar-refractivity contribution < 1.29 is 4.79 Å². The van der Waals surface area contributed by atoms with E-state index in [9.17, 15) is 4.79 Å². The second-order valence-corrected chi connectivity index (χ2v) is 5.71. The van der Waals surface area contributed by atoms with Crippen LogP contribution in [0.25, 0.3) is 10.9 Å². The van der Waals surface area contributed by atoms with E-state index in [-0.39, 0.29) is 5.91 Å². The first-order valence-electron chi connectivity index (χ1n) is 7.94. The molecule has 3 rings (SSSR count). The molecule has 2 heterocycles. The largest absolute Gasteiger partial charge is 0.382 e. The third-order valence-corrected chi connectivity index (χ3v) is 3.82. The van der Waals surface area contributed by atoms with Crippen LogP contribution in [-0.2, 0) is 0 Å². The van der Waals surface area contributed by atoms with Crippen LogP contribution in [0, 0.1) is 13.8 Å². The minimum atomic E-state index is -0.0795. The Bertz CT molecular complexity index is 862. The number of fused-ring (bicyclic) bond motifs is 1. The standard InChI is InChI=1S/C19H20N4O/c1-13-5-3-7-16-17(11-14(2)23-18(13)16)19(24)22-10-9-21-15-6-4-8-20-12-15/h3-8,11-12,21H,9-10H2,1-2H3,(H,22,24). The van der Waals surface area contributed by atoms with E-state index in [1.54, 1.807) is 12.4 Å². The third-order valence-electron chi connectivity index (χ3n) is 3.82. The van der Waals surface area contributed by atoms with Gasteiger partial charge >= 0.3 is 0 Å². The van der Waals surface area contributed by atoms with Crippen molar-refractivity contribution in [2.75, 3.05) is 18.4 Å². The van der Waals surface area contributed by atoms with Crippen molar-refractivity contribution in [3.8, 4) is 0 Å². The Hall–Kier alpha value is -2.95. The number of carbonyl (C=O) groups excluding carboxylic acids is 1. The van der Waals surface area contributed by atoms with Crippen LogP contribution < -0.4 is 10.6 Å². The molecule has 0 aliphatic carbocycles. The van der Waals surface area contributed by atoms with Gasteiger partial charge in [0.2, 0.25) is 0 Å². The number of nitrogens with one attached hydrogen (secondary N) is 2. The van der Waals surface area contributed by atoms with Crippen LogP contribution in [0.4, 0.5) is 5.69 Å². The molecular weight excluding hydrogens is 300 g/mol. The van der Waals surface area contributed by atoms with Crippen molar-refractivity contribution in [3.63, 3.8) is 0 Å². The minimum absolute atomic E-state index is 0.0795. The smallest absolute Gasteiger partial charge is 0.252 e. The highest BCUT2D eigenvalue weighted by Gasteiger charge is 2.12. The van der Waals surface area contributed by atoms with Crippen LogP contribution in [0.1, 0.15) is 21.6 Å². The van der Waals surface area contributed by atoms with E-state index in [1.807, 2.05) is 50.2 Å². The predicted molar refractivity (Wildman–Crippen MR) is 96.3 cm³/mol. The molecule has 0 radical (unpaired) electrons. The third kappa shape index (κ3) is 3.51. The highest BCUT2D eigenvalue weighted by atomic mass is 16.1. The van der Waals surface area contributed by atoms with Gasteiger partial charge in [-0.1, -0.05) is 18.2 Å². The summed E-state index contributed by atoms with van der Waals surface area (Å²) in [6, 6.07) is 11.6. The lowest BCUT2D eigenvalue weighted by molar-refractivity contribution is 0.0956. The van der Waals surface area contributed by atoms with Crippen LogP contribution in [0.5, 0.6) is 0 Å². The molecule has 1 aromatic carbocycles. The topological polar surface area (TPSA) is 66.9 Å². The number of aryl methyl sites for hydroxylation is 2. The predicted octanol–water partition coefficient (Wildman–Crippen LogP) is 3.09. The molecule has 0 spiro atoms. The lowest BCUT2D eigenvalue weighted by atomic mass is 10.0. The Kier molecular flexibility index (Phi) is 4.70. The second-order valence-electron chi connectivity index (χ2n) is 5.71. The molecule has 5 heteroatoms. The Morgan fingerprint density at radius 2 is 2.00 bits per heavy atom. The lowest BCUT2D eigenvalue weighted by Gasteiger charge is -2.11. The Labute approximate surface area is 141 Å².